The van der Waals surface area contributed by atoms with E-state index in [2.05, 4.69) is 15.5 Å². The van der Waals surface area contributed by atoms with E-state index in [1.54, 1.807) is 10.7 Å². The van der Waals surface area contributed by atoms with Crippen LogP contribution in [0.1, 0.15) is 23.1 Å². The molecule has 106 valence electrons. The van der Waals surface area contributed by atoms with E-state index in [9.17, 15) is 9.59 Å². The molecule has 0 fully saturated rings. The van der Waals surface area contributed by atoms with Crippen LogP contribution < -0.4 is 5.32 Å². The Morgan fingerprint density at radius 2 is 2.15 bits per heavy atom. The number of aliphatic carboxylic acids is 1. The number of amides is 1. The van der Waals surface area contributed by atoms with Crippen LogP contribution in [0.5, 0.6) is 0 Å². The number of carboxylic acids is 1. The second-order valence-electron chi connectivity index (χ2n) is 4.21. The Kier molecular flexibility index (Phi) is 3.83. The molecule has 1 amide bonds. The van der Waals surface area contributed by atoms with Gasteiger partial charge in [-0.1, -0.05) is 0 Å². The van der Waals surface area contributed by atoms with Crippen LogP contribution in [0.3, 0.4) is 0 Å². The summed E-state index contributed by atoms with van der Waals surface area (Å²) in [6.07, 6.45) is 1.38. The summed E-state index contributed by atoms with van der Waals surface area (Å²) in [5.74, 6) is -1.07. The molecule has 8 nitrogen and oxygen atoms in total. The molecule has 0 bridgehead atoms. The number of nitrogens with one attached hydrogen (secondary N) is 1. The first kappa shape index (κ1) is 13.8. The summed E-state index contributed by atoms with van der Waals surface area (Å²) < 4.78 is 2.88. The minimum atomic E-state index is -1.06. The maximum absolute atomic E-state index is 12.1. The predicted molar refractivity (Wildman–Crippen MR) is 70.5 cm³/mol. The largest absolute Gasteiger partial charge is 0.480 e. The molecular weight excluding hydrogens is 262 g/mol. The topological polar surface area (TPSA) is 102 Å². The molecule has 8 heteroatoms. The van der Waals surface area contributed by atoms with E-state index in [4.69, 9.17) is 5.11 Å². The standard InChI is InChI=1S/C12H15N5O3/c1-3-16-8(2)6-10(15-16)14-12(20)9-4-5-13-17(9)7-11(18)19/h4-6H,3,7H2,1-2H3,(H,18,19)(H,14,15,20). The smallest absolute Gasteiger partial charge is 0.325 e. The Balaban J connectivity index is 2.15. The van der Waals surface area contributed by atoms with Crippen LogP contribution in [-0.4, -0.2) is 36.5 Å². The molecule has 2 heterocycles. The molecule has 2 aromatic rings. The highest BCUT2D eigenvalue weighted by Crippen LogP contribution is 2.10. The molecule has 2 rings (SSSR count). The Labute approximate surface area is 115 Å². The van der Waals surface area contributed by atoms with Crippen molar-refractivity contribution in [3.63, 3.8) is 0 Å². The molecule has 0 radical (unpaired) electrons. The number of rotatable bonds is 5. The molecule has 0 atom stereocenters. The third-order valence-corrected chi connectivity index (χ3v) is 2.76. The molecule has 0 aromatic carbocycles. The molecule has 0 saturated carbocycles. The molecular formula is C12H15N5O3. The zero-order valence-corrected chi connectivity index (χ0v) is 11.2. The summed E-state index contributed by atoms with van der Waals surface area (Å²) in [7, 11) is 0. The van der Waals surface area contributed by atoms with Crippen molar-refractivity contribution in [2.75, 3.05) is 5.32 Å². The van der Waals surface area contributed by atoms with Crippen molar-refractivity contribution < 1.29 is 14.7 Å². The maximum atomic E-state index is 12.1. The van der Waals surface area contributed by atoms with E-state index < -0.39 is 11.9 Å². The predicted octanol–water partition coefficient (Wildman–Crippen LogP) is 0.745. The molecule has 0 spiro atoms. The van der Waals surface area contributed by atoms with Crippen LogP contribution in [0, 0.1) is 6.92 Å². The van der Waals surface area contributed by atoms with Gasteiger partial charge in [0.2, 0.25) is 0 Å². The van der Waals surface area contributed by atoms with E-state index in [1.165, 1.54) is 12.3 Å². The fraction of sp³-hybridized carbons (Fsp3) is 0.333. The van der Waals surface area contributed by atoms with Crippen molar-refractivity contribution in [2.45, 2.75) is 26.9 Å². The van der Waals surface area contributed by atoms with Crippen LogP contribution in [0.25, 0.3) is 0 Å². The van der Waals surface area contributed by atoms with Gasteiger partial charge in [0.05, 0.1) is 0 Å². The molecule has 0 aliphatic carbocycles. The average molecular weight is 277 g/mol. The van der Waals surface area contributed by atoms with Crippen molar-refractivity contribution in [3.05, 3.63) is 29.7 Å². The maximum Gasteiger partial charge on any atom is 0.325 e. The minimum Gasteiger partial charge on any atom is -0.480 e. The number of hydrogen-bond donors (Lipinski definition) is 2. The number of nitrogens with zero attached hydrogens (tertiary/aromatic N) is 4. The fourth-order valence-electron chi connectivity index (χ4n) is 1.85. The van der Waals surface area contributed by atoms with E-state index in [-0.39, 0.29) is 12.2 Å². The summed E-state index contributed by atoms with van der Waals surface area (Å²) in [5.41, 5.74) is 1.11. The van der Waals surface area contributed by atoms with Crippen LogP contribution in [0.4, 0.5) is 5.82 Å². The van der Waals surface area contributed by atoms with Gasteiger partial charge in [0.1, 0.15) is 12.2 Å². The SMILES string of the molecule is CCn1nc(NC(=O)c2ccnn2CC(=O)O)cc1C. The van der Waals surface area contributed by atoms with Crippen molar-refractivity contribution in [3.8, 4) is 0 Å². The van der Waals surface area contributed by atoms with Crippen LogP contribution >= 0.6 is 0 Å². The Bertz CT molecular complexity index is 643. The van der Waals surface area contributed by atoms with Gasteiger partial charge in [-0.15, -0.1) is 0 Å². The van der Waals surface area contributed by atoms with Gasteiger partial charge >= 0.3 is 5.97 Å². The highest BCUT2D eigenvalue weighted by molar-refractivity contribution is 6.02. The first-order chi connectivity index (χ1) is 9.51. The van der Waals surface area contributed by atoms with Gasteiger partial charge in [-0.3, -0.25) is 14.3 Å². The molecule has 0 saturated heterocycles. The number of carbonyl (C=O) groups is 2. The zero-order valence-electron chi connectivity index (χ0n) is 11.2. The number of aryl methyl sites for hydroxylation is 2. The summed E-state index contributed by atoms with van der Waals surface area (Å²) in [4.78, 5) is 22.8. The Morgan fingerprint density at radius 1 is 1.40 bits per heavy atom. The Hall–Kier alpha value is -2.64. The number of carbonyl (C=O) groups excluding carboxylic acids is 1. The lowest BCUT2D eigenvalue weighted by Crippen LogP contribution is -2.21. The zero-order chi connectivity index (χ0) is 14.7. The van der Waals surface area contributed by atoms with Crippen molar-refractivity contribution in [1.29, 1.82) is 0 Å². The molecule has 0 unspecified atom stereocenters. The molecule has 2 N–H and O–H groups in total. The summed E-state index contributed by atoms with van der Waals surface area (Å²) in [6.45, 7) is 4.19. The number of hydrogen-bond acceptors (Lipinski definition) is 4. The number of aromatic nitrogens is 4. The highest BCUT2D eigenvalue weighted by atomic mass is 16.4. The second-order valence-corrected chi connectivity index (χ2v) is 4.21. The first-order valence-electron chi connectivity index (χ1n) is 6.10. The minimum absolute atomic E-state index is 0.177. The van der Waals surface area contributed by atoms with E-state index in [0.29, 0.717) is 12.4 Å². The summed E-state index contributed by atoms with van der Waals surface area (Å²) in [5, 5.41) is 19.4. The van der Waals surface area contributed by atoms with Gasteiger partial charge in [0.15, 0.2) is 5.82 Å². The van der Waals surface area contributed by atoms with Gasteiger partial charge in [-0.2, -0.15) is 10.2 Å². The molecule has 0 aliphatic rings. The monoisotopic (exact) mass is 277 g/mol. The lowest BCUT2D eigenvalue weighted by atomic mass is 10.4. The van der Waals surface area contributed by atoms with Crippen LogP contribution in [-0.2, 0) is 17.9 Å². The van der Waals surface area contributed by atoms with E-state index in [0.717, 1.165) is 10.4 Å². The molecule has 20 heavy (non-hydrogen) atoms. The van der Waals surface area contributed by atoms with Crippen molar-refractivity contribution >= 4 is 17.7 Å². The van der Waals surface area contributed by atoms with Gasteiger partial charge in [-0.25, -0.2) is 4.68 Å². The highest BCUT2D eigenvalue weighted by Gasteiger charge is 2.15. The van der Waals surface area contributed by atoms with Gasteiger partial charge in [0.25, 0.3) is 5.91 Å². The quantitative estimate of drug-likeness (QED) is 0.839. The van der Waals surface area contributed by atoms with Gasteiger partial charge < -0.3 is 10.4 Å². The Morgan fingerprint density at radius 3 is 2.75 bits per heavy atom. The van der Waals surface area contributed by atoms with Gasteiger partial charge in [0, 0.05) is 24.5 Å². The van der Waals surface area contributed by atoms with E-state index >= 15 is 0 Å². The fourth-order valence-corrected chi connectivity index (χ4v) is 1.85. The second kappa shape index (κ2) is 5.55. The lowest BCUT2D eigenvalue weighted by Gasteiger charge is -2.04. The number of carboxylic acid groups (broad SMARTS) is 1. The third-order valence-electron chi connectivity index (χ3n) is 2.76. The molecule has 2 aromatic heterocycles. The third kappa shape index (κ3) is 2.85. The molecule has 0 aliphatic heterocycles. The first-order valence-corrected chi connectivity index (χ1v) is 6.10. The van der Waals surface area contributed by atoms with Crippen LogP contribution in [0.15, 0.2) is 18.3 Å². The van der Waals surface area contributed by atoms with Crippen molar-refractivity contribution in [2.24, 2.45) is 0 Å². The van der Waals surface area contributed by atoms with Gasteiger partial charge in [-0.05, 0) is 19.9 Å². The summed E-state index contributed by atoms with van der Waals surface area (Å²) >= 11 is 0. The average Bonchev–Trinajstić information content (AvgIpc) is 2.95. The summed E-state index contributed by atoms with van der Waals surface area (Å²) in [6, 6.07) is 3.21. The number of anilines is 1. The van der Waals surface area contributed by atoms with Crippen LogP contribution in [0.2, 0.25) is 0 Å². The lowest BCUT2D eigenvalue weighted by molar-refractivity contribution is -0.137. The van der Waals surface area contributed by atoms with E-state index in [1.807, 2.05) is 13.8 Å². The normalized spacial score (nSPS) is 10.5. The van der Waals surface area contributed by atoms with Crippen molar-refractivity contribution in [1.82, 2.24) is 19.6 Å².